The third kappa shape index (κ3) is 10.1. The second kappa shape index (κ2) is 16.5. The van der Waals surface area contributed by atoms with E-state index in [1.165, 1.54) is 36.9 Å². The van der Waals surface area contributed by atoms with Crippen molar-refractivity contribution in [2.24, 2.45) is 5.73 Å². The number of nitrogens with one attached hydrogen (secondary N) is 5. The van der Waals surface area contributed by atoms with Crippen LogP contribution < -0.4 is 38.2 Å². The number of nitrogens with two attached hydrogens (primary N) is 1. The van der Waals surface area contributed by atoms with Gasteiger partial charge in [0.05, 0.1) is 0 Å². The van der Waals surface area contributed by atoms with E-state index < -0.39 is 71.6 Å². The minimum atomic E-state index is -1.37. The molecule has 3 unspecified atom stereocenters. The molecule has 1 aromatic carbocycles. The maximum Gasteiger partial charge on any atom is 0.331 e. The predicted molar refractivity (Wildman–Crippen MR) is 166 cm³/mol. The van der Waals surface area contributed by atoms with Gasteiger partial charge in [0.2, 0.25) is 18.0 Å². The van der Waals surface area contributed by atoms with Crippen molar-refractivity contribution in [3.8, 4) is 5.75 Å². The number of amides is 4. The van der Waals surface area contributed by atoms with Crippen LogP contribution in [0.25, 0.3) is 0 Å². The van der Waals surface area contributed by atoms with E-state index in [9.17, 15) is 44.1 Å². The molecule has 0 aliphatic carbocycles. The number of aromatic hydroxyl groups is 1. The van der Waals surface area contributed by atoms with Gasteiger partial charge >= 0.3 is 17.7 Å². The van der Waals surface area contributed by atoms with Crippen LogP contribution in [-0.4, -0.2) is 91.0 Å². The van der Waals surface area contributed by atoms with E-state index in [4.69, 9.17) is 10.5 Å². The molecule has 1 fully saturated rings. The summed E-state index contributed by atoms with van der Waals surface area (Å²) in [6.45, 7) is 1.47. The number of phenolic OH excluding ortho intramolecular Hbond substituents is 1. The Morgan fingerprint density at radius 3 is 2.50 bits per heavy atom. The lowest BCUT2D eigenvalue weighted by Gasteiger charge is -2.25. The highest BCUT2D eigenvalue weighted by atomic mass is 32.2. The first-order valence-electron chi connectivity index (χ1n) is 14.1. The Hall–Kier alpha value is -4.81. The average Bonchev–Trinajstić information content (AvgIpc) is 3.35. The molecule has 250 valence electrons. The normalized spacial score (nSPS) is 19.3. The maximum atomic E-state index is 13.2. The SMILES string of the molecule is CSCCC(NC(=O)NC(Cc1cccc(O)c1)C(=O)O)C(=O)NC(C(=O)N/C=C1/C[C@@H](O)[C@H](n2ccc(=O)[nH]c2=O)O1)[C@H](C)N. The van der Waals surface area contributed by atoms with Crippen LogP contribution in [0.15, 0.2) is 58.1 Å². The number of aromatic nitrogens is 2. The van der Waals surface area contributed by atoms with Crippen molar-refractivity contribution < 1.29 is 39.2 Å². The smallest absolute Gasteiger partial charge is 0.331 e. The number of aromatic amines is 1. The van der Waals surface area contributed by atoms with Gasteiger partial charge in [0, 0.05) is 37.3 Å². The van der Waals surface area contributed by atoms with Crippen molar-refractivity contribution in [3.05, 3.63) is 74.9 Å². The molecule has 10 N–H and O–H groups in total. The number of nitrogens with zero attached hydrogens (tertiary/aromatic N) is 1. The number of rotatable bonds is 14. The van der Waals surface area contributed by atoms with Crippen molar-refractivity contribution in [2.45, 2.75) is 62.7 Å². The van der Waals surface area contributed by atoms with Gasteiger partial charge in [0.15, 0.2) is 0 Å². The van der Waals surface area contributed by atoms with E-state index >= 15 is 0 Å². The van der Waals surface area contributed by atoms with Crippen molar-refractivity contribution in [2.75, 3.05) is 12.0 Å². The minimum absolute atomic E-state index is 0.0657. The zero-order valence-corrected chi connectivity index (χ0v) is 25.8. The lowest BCUT2D eigenvalue weighted by atomic mass is 10.1. The number of phenols is 1. The van der Waals surface area contributed by atoms with Gasteiger partial charge in [-0.15, -0.1) is 0 Å². The molecule has 0 spiro atoms. The van der Waals surface area contributed by atoms with E-state index in [1.807, 2.05) is 0 Å². The van der Waals surface area contributed by atoms with Crippen LogP contribution >= 0.6 is 11.8 Å². The molecule has 0 saturated carbocycles. The summed E-state index contributed by atoms with van der Waals surface area (Å²) in [7, 11) is 0. The zero-order valence-electron chi connectivity index (χ0n) is 25.0. The molecule has 1 aliphatic heterocycles. The van der Waals surface area contributed by atoms with E-state index in [2.05, 4.69) is 26.3 Å². The van der Waals surface area contributed by atoms with Crippen LogP contribution in [0.5, 0.6) is 5.75 Å². The van der Waals surface area contributed by atoms with E-state index in [-0.39, 0.29) is 30.8 Å². The lowest BCUT2D eigenvalue weighted by Crippen LogP contribution is -2.60. The highest BCUT2D eigenvalue weighted by Gasteiger charge is 2.34. The van der Waals surface area contributed by atoms with Crippen molar-refractivity contribution in [1.29, 1.82) is 0 Å². The third-order valence-electron chi connectivity index (χ3n) is 6.80. The summed E-state index contributed by atoms with van der Waals surface area (Å²) < 4.78 is 6.57. The summed E-state index contributed by atoms with van der Waals surface area (Å²) in [5, 5.41) is 39.4. The summed E-state index contributed by atoms with van der Waals surface area (Å²) in [5.41, 5.74) is 5.02. The fraction of sp³-hybridized carbons (Fsp3) is 0.429. The number of benzene rings is 1. The standard InChI is InChI=1S/C28H37N7O10S/c1-14(29)22(24(40)30-13-17-12-20(37)25(45-17)35-8-6-21(38)33-28(35)44)34-23(39)18(7-9-46-2)31-27(43)32-19(26(41)42)11-15-4-3-5-16(36)10-15/h3-6,8,10,13-14,18-20,22,25,36-37H,7,9,11-12,29H2,1-2H3,(H,30,40)(H,34,39)(H,41,42)(H2,31,32,43)(H,33,38,44)/b17-13-/t14-,18?,19?,20+,22?,25+/m0/s1. The highest BCUT2D eigenvalue weighted by molar-refractivity contribution is 7.98. The molecule has 1 aromatic heterocycles. The van der Waals surface area contributed by atoms with Crippen LogP contribution in [0.4, 0.5) is 4.79 Å². The molecule has 17 nitrogen and oxygen atoms in total. The number of aliphatic carboxylic acids is 1. The number of ether oxygens (including phenoxy) is 1. The van der Waals surface area contributed by atoms with Crippen LogP contribution in [0.2, 0.25) is 0 Å². The number of thioether (sulfide) groups is 1. The van der Waals surface area contributed by atoms with E-state index in [1.54, 1.807) is 12.3 Å². The molecule has 6 atom stereocenters. The van der Waals surface area contributed by atoms with Crippen LogP contribution in [0.3, 0.4) is 0 Å². The van der Waals surface area contributed by atoms with Gasteiger partial charge < -0.3 is 47.1 Å². The quantitative estimate of drug-likeness (QED) is 0.111. The Balaban J connectivity index is 1.64. The van der Waals surface area contributed by atoms with E-state index in [0.29, 0.717) is 11.3 Å². The van der Waals surface area contributed by atoms with Gasteiger partial charge in [-0.05, 0) is 43.0 Å². The molecule has 1 aliphatic rings. The fourth-order valence-electron chi connectivity index (χ4n) is 4.46. The number of carboxylic acids is 1. The van der Waals surface area contributed by atoms with Gasteiger partial charge in [-0.25, -0.2) is 14.4 Å². The molecule has 2 heterocycles. The molecule has 0 bridgehead atoms. The van der Waals surface area contributed by atoms with Gasteiger partial charge in [0.1, 0.15) is 35.7 Å². The number of hydrogen-bond donors (Lipinski definition) is 9. The monoisotopic (exact) mass is 663 g/mol. The molecule has 3 rings (SSSR count). The van der Waals surface area contributed by atoms with Crippen LogP contribution in [-0.2, 0) is 25.5 Å². The third-order valence-corrected chi connectivity index (χ3v) is 7.45. The topological polar surface area (TPSA) is 267 Å². The first-order chi connectivity index (χ1) is 21.8. The highest BCUT2D eigenvalue weighted by Crippen LogP contribution is 2.29. The Bertz CT molecular complexity index is 1560. The number of aliphatic hydroxyl groups is 1. The van der Waals surface area contributed by atoms with Gasteiger partial charge in [-0.3, -0.25) is 23.9 Å². The Morgan fingerprint density at radius 2 is 1.87 bits per heavy atom. The number of carbonyl (C=O) groups is 4. The summed E-state index contributed by atoms with van der Waals surface area (Å²) in [6.07, 6.45) is 1.69. The second-order valence-electron chi connectivity index (χ2n) is 10.5. The molecule has 46 heavy (non-hydrogen) atoms. The first-order valence-corrected chi connectivity index (χ1v) is 15.5. The number of carbonyl (C=O) groups excluding carboxylic acids is 3. The summed E-state index contributed by atoms with van der Waals surface area (Å²) >= 11 is 1.40. The number of aliphatic hydroxyl groups excluding tert-OH is 1. The maximum absolute atomic E-state index is 13.2. The number of urea groups is 1. The first kappa shape index (κ1) is 35.7. The van der Waals surface area contributed by atoms with E-state index in [0.717, 1.165) is 23.0 Å². The predicted octanol–water partition coefficient (Wildman–Crippen LogP) is -1.57. The Labute approximate surface area is 266 Å². The molecule has 1 saturated heterocycles. The average molecular weight is 664 g/mol. The number of carboxylic acid groups (broad SMARTS) is 1. The van der Waals surface area contributed by atoms with Gasteiger partial charge in [-0.1, -0.05) is 12.1 Å². The summed E-state index contributed by atoms with van der Waals surface area (Å²) in [5.74, 6) is -2.35. The fourth-order valence-corrected chi connectivity index (χ4v) is 4.94. The zero-order chi connectivity index (χ0) is 34.0. The number of H-pyrrole nitrogens is 1. The van der Waals surface area contributed by atoms with Crippen molar-refractivity contribution >= 4 is 35.6 Å². The summed E-state index contributed by atoms with van der Waals surface area (Å²) in [4.78, 5) is 76.3. The van der Waals surface area contributed by atoms with Crippen molar-refractivity contribution in [3.63, 3.8) is 0 Å². The minimum Gasteiger partial charge on any atom is -0.508 e. The summed E-state index contributed by atoms with van der Waals surface area (Å²) in [6, 6.07) is 1.33. The second-order valence-corrected chi connectivity index (χ2v) is 11.5. The van der Waals surface area contributed by atoms with Gasteiger partial charge in [-0.2, -0.15) is 11.8 Å². The molecule has 2 aromatic rings. The van der Waals surface area contributed by atoms with Crippen LogP contribution in [0, 0.1) is 0 Å². The van der Waals surface area contributed by atoms with Crippen LogP contribution in [0.1, 0.15) is 31.6 Å². The van der Waals surface area contributed by atoms with Crippen molar-refractivity contribution in [1.82, 2.24) is 30.8 Å². The molecule has 0 radical (unpaired) electrons. The molecular formula is C28H37N7O10S. The molecule has 18 heteroatoms. The lowest BCUT2D eigenvalue weighted by molar-refractivity contribution is -0.139. The Morgan fingerprint density at radius 1 is 1.15 bits per heavy atom. The molecule has 4 amide bonds. The largest absolute Gasteiger partial charge is 0.508 e. The number of hydrogen-bond acceptors (Lipinski definition) is 11. The Kier molecular flexibility index (Phi) is 12.8. The van der Waals surface area contributed by atoms with Gasteiger partial charge in [0.25, 0.3) is 5.56 Å². The molecular weight excluding hydrogens is 626 g/mol.